The number of alkyl halides is 3. The standard InChI is InChI=1S/C19H23F3N4O2/c1-11-5-6-12(2)25(10-11)18(27)14-9-17-23-13(15-4-3-7-28-15)8-16(19(20,21)22)26(17)24-14/h3-4,7,9,11-13,16,23H,5-6,8,10H2,1-2H3. The molecule has 1 fully saturated rings. The van der Waals surface area contributed by atoms with Gasteiger partial charge in [0.1, 0.15) is 11.6 Å². The molecule has 4 heterocycles. The highest BCUT2D eigenvalue weighted by atomic mass is 19.4. The number of rotatable bonds is 2. The van der Waals surface area contributed by atoms with Crippen LogP contribution in [-0.2, 0) is 0 Å². The van der Waals surface area contributed by atoms with Gasteiger partial charge >= 0.3 is 6.18 Å². The first kappa shape index (κ1) is 18.9. The van der Waals surface area contributed by atoms with Crippen LogP contribution < -0.4 is 5.32 Å². The first-order valence-corrected chi connectivity index (χ1v) is 9.51. The molecule has 9 heteroatoms. The van der Waals surface area contributed by atoms with E-state index in [-0.39, 0.29) is 29.9 Å². The zero-order valence-electron chi connectivity index (χ0n) is 15.7. The van der Waals surface area contributed by atoms with Crippen molar-refractivity contribution < 1.29 is 22.4 Å². The molecule has 1 saturated heterocycles. The van der Waals surface area contributed by atoms with Crippen molar-refractivity contribution in [3.8, 4) is 0 Å². The summed E-state index contributed by atoms with van der Waals surface area (Å²) in [6, 6.07) is 2.28. The van der Waals surface area contributed by atoms with Gasteiger partial charge < -0.3 is 14.6 Å². The number of hydrogen-bond acceptors (Lipinski definition) is 4. The Labute approximate surface area is 160 Å². The highest BCUT2D eigenvalue weighted by Crippen LogP contribution is 2.43. The average Bonchev–Trinajstić information content (AvgIpc) is 3.30. The van der Waals surface area contributed by atoms with Gasteiger partial charge in [0.05, 0.1) is 12.3 Å². The van der Waals surface area contributed by atoms with Crippen molar-refractivity contribution in [2.45, 2.75) is 57.4 Å². The molecule has 28 heavy (non-hydrogen) atoms. The first-order valence-electron chi connectivity index (χ1n) is 9.51. The summed E-state index contributed by atoms with van der Waals surface area (Å²) < 4.78 is 47.3. The summed E-state index contributed by atoms with van der Waals surface area (Å²) in [5, 5.41) is 7.10. The number of piperidine rings is 1. The number of carbonyl (C=O) groups is 1. The molecule has 1 N–H and O–H groups in total. The maximum atomic E-state index is 13.7. The van der Waals surface area contributed by atoms with Crippen molar-refractivity contribution in [2.24, 2.45) is 5.92 Å². The van der Waals surface area contributed by atoms with Crippen molar-refractivity contribution >= 4 is 11.7 Å². The molecule has 4 rings (SSSR count). The van der Waals surface area contributed by atoms with Crippen LogP contribution in [0.4, 0.5) is 19.0 Å². The van der Waals surface area contributed by atoms with Crippen LogP contribution in [0.1, 0.15) is 61.4 Å². The van der Waals surface area contributed by atoms with Gasteiger partial charge in [0.25, 0.3) is 5.91 Å². The molecule has 4 unspecified atom stereocenters. The van der Waals surface area contributed by atoms with E-state index in [1.54, 1.807) is 17.0 Å². The van der Waals surface area contributed by atoms with Gasteiger partial charge in [-0.05, 0) is 37.8 Å². The number of fused-ring (bicyclic) bond motifs is 1. The van der Waals surface area contributed by atoms with Gasteiger partial charge in [-0.3, -0.25) is 4.79 Å². The van der Waals surface area contributed by atoms with E-state index in [1.165, 1.54) is 12.3 Å². The maximum Gasteiger partial charge on any atom is 0.410 e. The molecule has 0 bridgehead atoms. The Balaban J connectivity index is 1.66. The van der Waals surface area contributed by atoms with Gasteiger partial charge in [-0.15, -0.1) is 0 Å². The molecule has 2 aliphatic rings. The predicted molar refractivity (Wildman–Crippen MR) is 95.9 cm³/mol. The van der Waals surface area contributed by atoms with Crippen molar-refractivity contribution in [3.63, 3.8) is 0 Å². The summed E-state index contributed by atoms with van der Waals surface area (Å²) in [5.41, 5.74) is 0.0396. The number of nitrogens with one attached hydrogen (secondary N) is 1. The van der Waals surface area contributed by atoms with Gasteiger partial charge in [0.15, 0.2) is 11.7 Å². The summed E-state index contributed by atoms with van der Waals surface area (Å²) in [5.74, 6) is 0.643. The number of carbonyl (C=O) groups excluding carboxylic acids is 1. The average molecular weight is 396 g/mol. The lowest BCUT2D eigenvalue weighted by molar-refractivity contribution is -0.174. The number of furan rings is 1. The van der Waals surface area contributed by atoms with Gasteiger partial charge in [0, 0.05) is 25.1 Å². The highest BCUT2D eigenvalue weighted by Gasteiger charge is 2.47. The maximum absolute atomic E-state index is 13.7. The van der Waals surface area contributed by atoms with Crippen LogP contribution in [0.2, 0.25) is 0 Å². The third kappa shape index (κ3) is 3.38. The van der Waals surface area contributed by atoms with Gasteiger partial charge in [-0.25, -0.2) is 4.68 Å². The molecular formula is C19H23F3N4O2. The molecule has 0 radical (unpaired) electrons. The van der Waals surface area contributed by atoms with Crippen molar-refractivity contribution in [1.82, 2.24) is 14.7 Å². The third-order valence-corrected chi connectivity index (χ3v) is 5.67. The fraction of sp³-hybridized carbons (Fsp3) is 0.579. The summed E-state index contributed by atoms with van der Waals surface area (Å²) in [7, 11) is 0. The Morgan fingerprint density at radius 2 is 2.11 bits per heavy atom. The molecule has 0 spiro atoms. The van der Waals surface area contributed by atoms with Gasteiger partial charge in [0.2, 0.25) is 0 Å². The van der Waals surface area contributed by atoms with Crippen LogP contribution in [0, 0.1) is 5.92 Å². The van der Waals surface area contributed by atoms with Crippen molar-refractivity contribution in [2.75, 3.05) is 11.9 Å². The number of likely N-dealkylation sites (tertiary alicyclic amines) is 1. The van der Waals surface area contributed by atoms with Crippen molar-refractivity contribution in [1.29, 1.82) is 0 Å². The molecule has 0 aliphatic carbocycles. The Bertz CT molecular complexity index is 846. The minimum Gasteiger partial charge on any atom is -0.467 e. The minimum absolute atomic E-state index is 0.0396. The number of anilines is 1. The normalized spacial score (nSPS) is 28.0. The molecule has 2 aromatic heterocycles. The van der Waals surface area contributed by atoms with Gasteiger partial charge in [-0.2, -0.15) is 18.3 Å². The van der Waals surface area contributed by atoms with E-state index in [0.29, 0.717) is 18.2 Å². The minimum atomic E-state index is -4.49. The number of halogens is 3. The van der Waals surface area contributed by atoms with Crippen LogP contribution in [0.5, 0.6) is 0 Å². The molecule has 1 amide bonds. The van der Waals surface area contributed by atoms with E-state index >= 15 is 0 Å². The molecular weight excluding hydrogens is 373 g/mol. The second-order valence-corrected chi connectivity index (χ2v) is 7.85. The van der Waals surface area contributed by atoms with E-state index in [2.05, 4.69) is 17.3 Å². The molecule has 2 aliphatic heterocycles. The van der Waals surface area contributed by atoms with E-state index in [9.17, 15) is 18.0 Å². The zero-order valence-corrected chi connectivity index (χ0v) is 15.7. The van der Waals surface area contributed by atoms with Crippen LogP contribution in [0.15, 0.2) is 28.9 Å². The zero-order chi connectivity index (χ0) is 20.1. The molecule has 0 saturated carbocycles. The summed E-state index contributed by atoms with van der Waals surface area (Å²) >= 11 is 0. The Kier molecular flexibility index (Phi) is 4.63. The molecule has 6 nitrogen and oxygen atoms in total. The summed E-state index contributed by atoms with van der Waals surface area (Å²) in [4.78, 5) is 14.7. The van der Waals surface area contributed by atoms with Gasteiger partial charge in [-0.1, -0.05) is 6.92 Å². The molecule has 2 aromatic rings. The second-order valence-electron chi connectivity index (χ2n) is 7.85. The lowest BCUT2D eigenvalue weighted by Gasteiger charge is -2.36. The summed E-state index contributed by atoms with van der Waals surface area (Å²) in [6.07, 6.45) is -1.39. The largest absolute Gasteiger partial charge is 0.467 e. The quantitative estimate of drug-likeness (QED) is 0.818. The van der Waals surface area contributed by atoms with E-state index in [4.69, 9.17) is 4.42 Å². The van der Waals surface area contributed by atoms with E-state index < -0.39 is 18.3 Å². The number of hydrogen-bond donors (Lipinski definition) is 1. The summed E-state index contributed by atoms with van der Waals surface area (Å²) in [6.45, 7) is 4.62. The first-order chi connectivity index (χ1) is 13.2. The smallest absolute Gasteiger partial charge is 0.410 e. The topological polar surface area (TPSA) is 63.3 Å². The van der Waals surface area contributed by atoms with Crippen LogP contribution in [-0.4, -0.2) is 39.4 Å². The fourth-order valence-electron chi connectivity index (χ4n) is 4.07. The SMILES string of the molecule is CC1CCC(C)N(C(=O)c2cc3n(n2)C(C(F)(F)F)CC(c2ccco2)N3)C1. The number of amides is 1. The Morgan fingerprint density at radius 3 is 2.79 bits per heavy atom. The van der Waals surface area contributed by atoms with Crippen LogP contribution in [0.3, 0.4) is 0 Å². The fourth-order valence-corrected chi connectivity index (χ4v) is 4.07. The molecule has 0 aromatic carbocycles. The number of nitrogens with zero attached hydrogens (tertiary/aromatic N) is 3. The Morgan fingerprint density at radius 1 is 1.32 bits per heavy atom. The molecule has 4 atom stereocenters. The van der Waals surface area contributed by atoms with Crippen molar-refractivity contribution in [3.05, 3.63) is 35.9 Å². The number of aromatic nitrogens is 2. The van der Waals surface area contributed by atoms with Crippen LogP contribution in [0.25, 0.3) is 0 Å². The molecule has 152 valence electrons. The van der Waals surface area contributed by atoms with Crippen LogP contribution >= 0.6 is 0 Å². The van der Waals surface area contributed by atoms with E-state index in [0.717, 1.165) is 17.5 Å². The third-order valence-electron chi connectivity index (χ3n) is 5.67. The monoisotopic (exact) mass is 396 g/mol. The lowest BCUT2D eigenvalue weighted by atomic mass is 9.95. The second kappa shape index (κ2) is 6.86. The lowest BCUT2D eigenvalue weighted by Crippen LogP contribution is -2.45. The highest BCUT2D eigenvalue weighted by molar-refractivity contribution is 5.93. The predicted octanol–water partition coefficient (Wildman–Crippen LogP) is 4.40. The Hall–Kier alpha value is -2.45. The van der Waals surface area contributed by atoms with E-state index in [1.807, 2.05) is 6.92 Å².